The normalized spacial score (nSPS) is 14.6. The molecule has 0 aliphatic carbocycles. The van der Waals surface area contributed by atoms with E-state index in [2.05, 4.69) is 0 Å². The molecule has 36 heavy (non-hydrogen) atoms. The molecule has 0 saturated carbocycles. The van der Waals surface area contributed by atoms with Gasteiger partial charge in [-0.1, -0.05) is 54.6 Å². The topological polar surface area (TPSA) is 89.7 Å². The van der Waals surface area contributed by atoms with Crippen LogP contribution in [0.15, 0.2) is 95.9 Å². The molecule has 0 radical (unpaired) electrons. The molecule has 4 aromatic rings. The van der Waals surface area contributed by atoms with E-state index in [0.717, 1.165) is 39.2 Å². The molecule has 7 nitrogen and oxygen atoms in total. The number of hydrogen-bond donors (Lipinski definition) is 0. The average Bonchev–Trinajstić information content (AvgIpc) is 3.16. The molecule has 0 bridgehead atoms. The zero-order chi connectivity index (χ0) is 25.1. The molecule has 0 N–H and O–H groups in total. The second-order valence-corrected chi connectivity index (χ2v) is 9.18. The number of nitrogens with zero attached hydrogens (tertiary/aromatic N) is 2. The lowest BCUT2D eigenvalue weighted by atomic mass is 10.0. The Morgan fingerprint density at radius 3 is 2.36 bits per heavy atom. The predicted octanol–water partition coefficient (Wildman–Crippen LogP) is 6.56. The lowest BCUT2D eigenvalue weighted by molar-refractivity contribution is -0.384. The quantitative estimate of drug-likeness (QED) is 0.163. The van der Waals surface area contributed by atoms with Crippen LogP contribution in [-0.2, 0) is 17.9 Å². The van der Waals surface area contributed by atoms with Crippen LogP contribution in [0.2, 0.25) is 0 Å². The molecule has 1 saturated heterocycles. The van der Waals surface area contributed by atoms with E-state index < -0.39 is 4.92 Å². The van der Waals surface area contributed by atoms with Crippen LogP contribution in [0.25, 0.3) is 16.8 Å². The lowest BCUT2D eigenvalue weighted by Gasteiger charge is -2.14. The molecule has 0 spiro atoms. The Morgan fingerprint density at radius 1 is 0.889 bits per heavy atom. The van der Waals surface area contributed by atoms with Crippen molar-refractivity contribution in [2.75, 3.05) is 0 Å². The van der Waals surface area contributed by atoms with Gasteiger partial charge in [-0.15, -0.1) is 0 Å². The van der Waals surface area contributed by atoms with E-state index >= 15 is 0 Å². The lowest BCUT2D eigenvalue weighted by Crippen LogP contribution is -2.27. The Kier molecular flexibility index (Phi) is 6.51. The summed E-state index contributed by atoms with van der Waals surface area (Å²) >= 11 is 0.935. The fraction of sp³-hybridized carbons (Fsp3) is 0.0714. The molecule has 0 atom stereocenters. The van der Waals surface area contributed by atoms with Crippen molar-refractivity contribution in [3.05, 3.63) is 123 Å². The number of nitro benzene ring substituents is 1. The number of hydrogen-bond acceptors (Lipinski definition) is 6. The summed E-state index contributed by atoms with van der Waals surface area (Å²) in [6.45, 7) is 0.489. The summed E-state index contributed by atoms with van der Waals surface area (Å²) < 4.78 is 5.75. The van der Waals surface area contributed by atoms with Crippen LogP contribution in [0.3, 0.4) is 0 Å². The van der Waals surface area contributed by atoms with Crippen molar-refractivity contribution in [1.29, 1.82) is 0 Å². The number of imide groups is 1. The minimum atomic E-state index is -0.443. The van der Waals surface area contributed by atoms with Crippen LogP contribution in [0.1, 0.15) is 16.7 Å². The van der Waals surface area contributed by atoms with Crippen molar-refractivity contribution in [3.63, 3.8) is 0 Å². The van der Waals surface area contributed by atoms with E-state index in [4.69, 9.17) is 4.74 Å². The number of carbonyl (C=O) groups excluding carboxylic acids is 2. The molecule has 0 unspecified atom stereocenters. The number of benzene rings is 4. The zero-order valence-electron chi connectivity index (χ0n) is 19.0. The van der Waals surface area contributed by atoms with Crippen molar-refractivity contribution in [2.45, 2.75) is 13.2 Å². The van der Waals surface area contributed by atoms with Crippen LogP contribution in [-0.4, -0.2) is 21.0 Å². The maximum absolute atomic E-state index is 13.0. The first-order valence-corrected chi connectivity index (χ1v) is 12.0. The van der Waals surface area contributed by atoms with Gasteiger partial charge < -0.3 is 4.74 Å². The minimum Gasteiger partial charge on any atom is -0.489 e. The first-order valence-electron chi connectivity index (χ1n) is 11.2. The van der Waals surface area contributed by atoms with Crippen LogP contribution in [0, 0.1) is 10.1 Å². The van der Waals surface area contributed by atoms with E-state index in [9.17, 15) is 19.7 Å². The standard InChI is InChI=1S/C28H20N2O5S/c31-27-26(36-28(32)29(27)17-22-6-3-5-21-4-1-2-7-25(21)22)16-19-10-14-24(15-11-19)35-18-20-8-12-23(13-9-20)30(33)34/h1-16H,17-18H2/b26-16+. The van der Waals surface area contributed by atoms with Gasteiger partial charge in [0.2, 0.25) is 0 Å². The summed E-state index contributed by atoms with van der Waals surface area (Å²) in [5, 5.41) is 12.6. The average molecular weight is 497 g/mol. The summed E-state index contributed by atoms with van der Waals surface area (Å²) in [4.78, 5) is 37.6. The molecule has 1 fully saturated rings. The highest BCUT2D eigenvalue weighted by molar-refractivity contribution is 8.18. The summed E-state index contributed by atoms with van der Waals surface area (Å²) in [5.41, 5.74) is 2.54. The van der Waals surface area contributed by atoms with E-state index in [-0.39, 0.29) is 30.0 Å². The monoisotopic (exact) mass is 496 g/mol. The molecular formula is C28H20N2O5S. The van der Waals surface area contributed by atoms with Crippen LogP contribution >= 0.6 is 11.8 Å². The maximum atomic E-state index is 13.0. The van der Waals surface area contributed by atoms with E-state index in [1.54, 1.807) is 30.3 Å². The fourth-order valence-corrected chi connectivity index (χ4v) is 4.77. The fourth-order valence-electron chi connectivity index (χ4n) is 3.93. The Labute approximate surface area is 211 Å². The Bertz CT molecular complexity index is 1490. The number of carbonyl (C=O) groups is 2. The van der Waals surface area contributed by atoms with Crippen molar-refractivity contribution < 1.29 is 19.2 Å². The molecule has 8 heteroatoms. The predicted molar refractivity (Wildman–Crippen MR) is 139 cm³/mol. The van der Waals surface area contributed by atoms with Gasteiger partial charge in [-0.05, 0) is 69.6 Å². The van der Waals surface area contributed by atoms with Gasteiger partial charge >= 0.3 is 0 Å². The van der Waals surface area contributed by atoms with Gasteiger partial charge in [-0.25, -0.2) is 0 Å². The molecule has 0 aromatic heterocycles. The third-order valence-corrected chi connectivity index (χ3v) is 6.72. The van der Waals surface area contributed by atoms with Crippen molar-refractivity contribution in [3.8, 4) is 5.75 Å². The number of non-ortho nitro benzene ring substituents is 1. The summed E-state index contributed by atoms with van der Waals surface area (Å²) in [5.74, 6) is 0.311. The summed E-state index contributed by atoms with van der Waals surface area (Å²) in [6, 6.07) is 27.1. The summed E-state index contributed by atoms with van der Waals surface area (Å²) in [7, 11) is 0. The highest BCUT2D eigenvalue weighted by atomic mass is 32.2. The third-order valence-electron chi connectivity index (χ3n) is 5.81. The van der Waals surface area contributed by atoms with Gasteiger partial charge in [-0.2, -0.15) is 0 Å². The van der Waals surface area contributed by atoms with Gasteiger partial charge in [0, 0.05) is 12.1 Å². The number of rotatable bonds is 7. The molecule has 178 valence electrons. The second-order valence-electron chi connectivity index (χ2n) is 8.19. The Balaban J connectivity index is 1.24. The number of fused-ring (bicyclic) bond motifs is 1. The van der Waals surface area contributed by atoms with Crippen LogP contribution < -0.4 is 4.74 Å². The van der Waals surface area contributed by atoms with Gasteiger partial charge in [0.05, 0.1) is 16.4 Å². The van der Waals surface area contributed by atoms with E-state index in [1.807, 2.05) is 54.6 Å². The highest BCUT2D eigenvalue weighted by Gasteiger charge is 2.35. The van der Waals surface area contributed by atoms with Crippen LogP contribution in [0.5, 0.6) is 5.75 Å². The molecule has 2 amide bonds. The second kappa shape index (κ2) is 10.1. The highest BCUT2D eigenvalue weighted by Crippen LogP contribution is 2.34. The molecule has 1 aliphatic rings. The van der Waals surface area contributed by atoms with Gasteiger partial charge in [0.1, 0.15) is 12.4 Å². The smallest absolute Gasteiger partial charge is 0.293 e. The Morgan fingerprint density at radius 2 is 1.61 bits per heavy atom. The zero-order valence-corrected chi connectivity index (χ0v) is 19.8. The number of nitro groups is 1. The molecule has 4 aromatic carbocycles. The first-order chi connectivity index (χ1) is 17.5. The van der Waals surface area contributed by atoms with Crippen molar-refractivity contribution >= 4 is 45.4 Å². The number of ether oxygens (including phenoxy) is 1. The van der Waals surface area contributed by atoms with Crippen molar-refractivity contribution in [2.24, 2.45) is 0 Å². The molecule has 1 aliphatic heterocycles. The minimum absolute atomic E-state index is 0.0321. The summed E-state index contributed by atoms with van der Waals surface area (Å²) in [6.07, 6.45) is 1.70. The maximum Gasteiger partial charge on any atom is 0.293 e. The van der Waals surface area contributed by atoms with Crippen LogP contribution in [0.4, 0.5) is 10.5 Å². The largest absolute Gasteiger partial charge is 0.489 e. The number of amides is 2. The molecule has 5 rings (SSSR count). The molecule has 1 heterocycles. The third kappa shape index (κ3) is 4.99. The number of thioether (sulfide) groups is 1. The van der Waals surface area contributed by atoms with Gasteiger partial charge in [0.25, 0.3) is 16.8 Å². The van der Waals surface area contributed by atoms with Gasteiger partial charge in [0.15, 0.2) is 0 Å². The van der Waals surface area contributed by atoms with E-state index in [1.165, 1.54) is 17.0 Å². The van der Waals surface area contributed by atoms with E-state index in [0.29, 0.717) is 10.7 Å². The van der Waals surface area contributed by atoms with Crippen molar-refractivity contribution in [1.82, 2.24) is 4.90 Å². The molecular weight excluding hydrogens is 476 g/mol. The first kappa shape index (κ1) is 23.3. The Hall–Kier alpha value is -4.43. The SMILES string of the molecule is O=C1S/C(=C/c2ccc(OCc3ccc([N+](=O)[O-])cc3)cc2)C(=O)N1Cc1cccc2ccccc12. The van der Waals surface area contributed by atoms with Gasteiger partial charge in [-0.3, -0.25) is 24.6 Å².